The van der Waals surface area contributed by atoms with Gasteiger partial charge in [-0.25, -0.2) is 22.3 Å². The van der Waals surface area contributed by atoms with Gasteiger partial charge in [0.1, 0.15) is 16.5 Å². The zero-order chi connectivity index (χ0) is 27.9. The molecular weight excluding hydrogens is 541 g/mol. The molecule has 0 saturated heterocycles. The molecule has 1 saturated carbocycles. The average molecular weight is 564 g/mol. The number of sulfonamides is 1. The van der Waals surface area contributed by atoms with Crippen molar-refractivity contribution in [2.24, 2.45) is 11.1 Å². The second-order valence-corrected chi connectivity index (χ2v) is 11.0. The summed E-state index contributed by atoms with van der Waals surface area (Å²) in [5, 5.41) is 12.5. The first kappa shape index (κ1) is 26.8. The second kappa shape index (κ2) is 10.1. The smallest absolute Gasteiger partial charge is 0.416 e. The number of nitrogens with zero attached hydrogens (tertiary/aromatic N) is 1. The van der Waals surface area contributed by atoms with Crippen molar-refractivity contribution in [2.75, 3.05) is 0 Å². The number of halogens is 5. The molecule has 0 aliphatic heterocycles. The highest BCUT2D eigenvalue weighted by atomic mass is 32.2. The molecule has 1 heterocycles. The van der Waals surface area contributed by atoms with Crippen LogP contribution in [0.25, 0.3) is 11.3 Å². The molecule has 0 bridgehead atoms. The Morgan fingerprint density at radius 2 is 1.69 bits per heavy atom. The fourth-order valence-corrected chi connectivity index (χ4v) is 4.86. The van der Waals surface area contributed by atoms with Crippen molar-refractivity contribution < 1.29 is 35.1 Å². The van der Waals surface area contributed by atoms with E-state index in [1.165, 1.54) is 18.2 Å². The normalized spacial score (nSPS) is 14.0. The van der Waals surface area contributed by atoms with E-state index in [9.17, 15) is 30.4 Å². The first-order chi connectivity index (χ1) is 18.4. The summed E-state index contributed by atoms with van der Waals surface area (Å²) in [7, 11) is -4.22. The highest BCUT2D eigenvalue weighted by molar-refractivity contribution is 7.89. The van der Waals surface area contributed by atoms with Crippen molar-refractivity contribution in [3.63, 3.8) is 0 Å². The minimum Gasteiger partial charge on any atom is -0.454 e. The number of nitrogens with two attached hydrogens (primary N) is 1. The van der Waals surface area contributed by atoms with Gasteiger partial charge in [-0.1, -0.05) is 6.07 Å². The first-order valence-corrected chi connectivity index (χ1v) is 13.5. The van der Waals surface area contributed by atoms with Crippen molar-refractivity contribution >= 4 is 10.0 Å². The molecule has 0 amide bonds. The lowest BCUT2D eigenvalue weighted by Gasteiger charge is -2.12. The monoisotopic (exact) mass is 563 g/mol. The number of ether oxygens (including phenoxy) is 1. The topological polar surface area (TPSA) is 98.1 Å². The number of aromatic nitrogens is 2. The molecular formula is C27H22F5N3O3S. The SMILES string of the molecule is NS(=O)(=O)c1ccc(Cc2c(-c3ccc(F)c(Oc4ccc(C(F)(F)F)cc4)c3)n[nH]c2CC2CC2)cc1F. The maximum absolute atomic E-state index is 14.6. The molecule has 1 aliphatic rings. The molecule has 4 aromatic rings. The van der Waals surface area contributed by atoms with Crippen molar-refractivity contribution in [2.45, 2.75) is 36.8 Å². The Morgan fingerprint density at radius 1 is 0.974 bits per heavy atom. The van der Waals surface area contributed by atoms with Gasteiger partial charge in [-0.3, -0.25) is 5.10 Å². The van der Waals surface area contributed by atoms with Crippen LogP contribution in [0, 0.1) is 17.6 Å². The van der Waals surface area contributed by atoms with E-state index >= 15 is 0 Å². The van der Waals surface area contributed by atoms with Crippen LogP contribution in [0.15, 0.2) is 65.6 Å². The van der Waals surface area contributed by atoms with Crippen LogP contribution in [0.1, 0.15) is 35.2 Å². The van der Waals surface area contributed by atoms with Crippen molar-refractivity contribution in [3.05, 3.63) is 94.7 Å². The van der Waals surface area contributed by atoms with Crippen LogP contribution in [0.5, 0.6) is 11.5 Å². The summed E-state index contributed by atoms with van der Waals surface area (Å²) < 4.78 is 96.4. The van der Waals surface area contributed by atoms with Gasteiger partial charge in [-0.05, 0) is 85.3 Å². The fraction of sp³-hybridized carbons (Fsp3) is 0.222. The Balaban J connectivity index is 1.48. The summed E-state index contributed by atoms with van der Waals surface area (Å²) >= 11 is 0. The zero-order valence-electron chi connectivity index (χ0n) is 20.2. The molecule has 3 aromatic carbocycles. The van der Waals surface area contributed by atoms with E-state index in [1.807, 2.05) is 0 Å². The maximum atomic E-state index is 14.6. The second-order valence-electron chi connectivity index (χ2n) is 9.43. The first-order valence-electron chi connectivity index (χ1n) is 11.9. The summed E-state index contributed by atoms with van der Waals surface area (Å²) in [6.07, 6.45) is -1.49. The number of aromatic amines is 1. The van der Waals surface area contributed by atoms with E-state index in [4.69, 9.17) is 9.88 Å². The van der Waals surface area contributed by atoms with Crippen LogP contribution in [-0.4, -0.2) is 18.6 Å². The predicted molar refractivity (Wildman–Crippen MR) is 133 cm³/mol. The van der Waals surface area contributed by atoms with Gasteiger partial charge in [-0.2, -0.15) is 18.3 Å². The number of hydrogen-bond acceptors (Lipinski definition) is 4. The number of H-pyrrole nitrogens is 1. The van der Waals surface area contributed by atoms with E-state index in [0.29, 0.717) is 29.2 Å². The third-order valence-electron chi connectivity index (χ3n) is 6.44. The van der Waals surface area contributed by atoms with E-state index in [0.717, 1.165) is 66.6 Å². The minimum atomic E-state index is -4.51. The van der Waals surface area contributed by atoms with Crippen LogP contribution >= 0.6 is 0 Å². The van der Waals surface area contributed by atoms with Crippen LogP contribution in [-0.2, 0) is 29.0 Å². The summed E-state index contributed by atoms with van der Waals surface area (Å²) in [4.78, 5) is -0.611. The lowest BCUT2D eigenvalue weighted by molar-refractivity contribution is -0.137. The van der Waals surface area contributed by atoms with Gasteiger partial charge in [0.15, 0.2) is 11.6 Å². The van der Waals surface area contributed by atoms with Crippen LogP contribution in [0.3, 0.4) is 0 Å². The van der Waals surface area contributed by atoms with Crippen LogP contribution < -0.4 is 9.88 Å². The molecule has 0 spiro atoms. The standard InChI is InChI=1S/C27H22F5N3O3S/c28-21-9-4-17(14-24(21)38-19-7-5-18(6-8-19)27(30,31)32)26-20(23(34-35-26)13-15-1-2-15)11-16-3-10-25(22(29)12-16)39(33,36)37/h3-10,12,14-15H,1-2,11,13H2,(H,34,35)(H2,33,36,37). The van der Waals surface area contributed by atoms with Gasteiger partial charge in [0, 0.05) is 23.2 Å². The molecule has 0 radical (unpaired) electrons. The fourth-order valence-electron chi connectivity index (χ4n) is 4.27. The number of alkyl halides is 3. The minimum absolute atomic E-state index is 0.0149. The van der Waals surface area contributed by atoms with Crippen LogP contribution in [0.4, 0.5) is 22.0 Å². The molecule has 1 aliphatic carbocycles. The summed E-state index contributed by atoms with van der Waals surface area (Å²) in [6, 6.07) is 11.6. The van der Waals surface area contributed by atoms with Gasteiger partial charge in [0.05, 0.1) is 11.3 Å². The molecule has 0 unspecified atom stereocenters. The van der Waals surface area contributed by atoms with Gasteiger partial charge >= 0.3 is 6.18 Å². The lowest BCUT2D eigenvalue weighted by Crippen LogP contribution is -2.14. The summed E-state index contributed by atoms with van der Waals surface area (Å²) in [5.41, 5.74) is 2.08. The molecule has 6 nitrogen and oxygen atoms in total. The largest absolute Gasteiger partial charge is 0.454 e. The quantitative estimate of drug-likeness (QED) is 0.244. The van der Waals surface area contributed by atoms with Crippen molar-refractivity contribution in [3.8, 4) is 22.8 Å². The Labute approximate surface area is 220 Å². The average Bonchev–Trinajstić information content (AvgIpc) is 3.59. The predicted octanol–water partition coefficient (Wildman–Crippen LogP) is 6.36. The van der Waals surface area contributed by atoms with E-state index in [-0.39, 0.29) is 17.9 Å². The van der Waals surface area contributed by atoms with Gasteiger partial charge in [-0.15, -0.1) is 0 Å². The molecule has 3 N–H and O–H groups in total. The van der Waals surface area contributed by atoms with Crippen molar-refractivity contribution in [1.82, 2.24) is 10.2 Å². The summed E-state index contributed by atoms with van der Waals surface area (Å²) in [5.74, 6) is -1.42. The maximum Gasteiger partial charge on any atom is 0.416 e. The third kappa shape index (κ3) is 6.12. The number of benzene rings is 3. The molecule has 1 fully saturated rings. The lowest BCUT2D eigenvalue weighted by atomic mass is 9.97. The van der Waals surface area contributed by atoms with Crippen molar-refractivity contribution in [1.29, 1.82) is 0 Å². The highest BCUT2D eigenvalue weighted by Gasteiger charge is 2.30. The highest BCUT2D eigenvalue weighted by Crippen LogP contribution is 2.37. The van der Waals surface area contributed by atoms with E-state index < -0.39 is 38.3 Å². The van der Waals surface area contributed by atoms with E-state index in [1.54, 1.807) is 0 Å². The van der Waals surface area contributed by atoms with Gasteiger partial charge in [0.25, 0.3) is 0 Å². The van der Waals surface area contributed by atoms with E-state index in [2.05, 4.69) is 10.2 Å². The molecule has 1 aromatic heterocycles. The summed E-state index contributed by atoms with van der Waals surface area (Å²) in [6.45, 7) is 0. The van der Waals surface area contributed by atoms with Crippen LogP contribution in [0.2, 0.25) is 0 Å². The number of nitrogens with one attached hydrogen (secondary N) is 1. The van der Waals surface area contributed by atoms with Gasteiger partial charge < -0.3 is 4.74 Å². The zero-order valence-corrected chi connectivity index (χ0v) is 21.0. The number of rotatable bonds is 8. The third-order valence-corrected chi connectivity index (χ3v) is 7.38. The number of primary sulfonamides is 1. The molecule has 5 rings (SSSR count). The Bertz CT molecular complexity index is 1630. The Hall–Kier alpha value is -3.77. The van der Waals surface area contributed by atoms with Gasteiger partial charge in [0.2, 0.25) is 10.0 Å². The molecule has 39 heavy (non-hydrogen) atoms. The molecule has 0 atom stereocenters. The number of hydrogen-bond donors (Lipinski definition) is 2. The molecule has 12 heteroatoms. The Kier molecular flexibility index (Phi) is 6.93. The Morgan fingerprint density at radius 3 is 2.31 bits per heavy atom. The molecule has 204 valence electrons.